The molecule has 270 valence electrons. The number of carbonyl (C=O) groups is 1. The second kappa shape index (κ2) is 49.3. The van der Waals surface area contributed by atoms with E-state index in [1.54, 1.807) is 5.57 Å². The smallest absolute Gasteiger partial charge is 0.119 e. The van der Waals surface area contributed by atoms with E-state index in [1.807, 2.05) is 41.5 Å². The van der Waals surface area contributed by atoms with Crippen LogP contribution in [0.15, 0.2) is 11.6 Å². The summed E-state index contributed by atoms with van der Waals surface area (Å²) in [6.45, 7) is 29.1. The summed E-state index contributed by atoms with van der Waals surface area (Å²) in [6, 6.07) is 0. The molecule has 0 heterocycles. The van der Waals surface area contributed by atoms with Gasteiger partial charge in [0.1, 0.15) is 6.29 Å². The molecule has 0 aromatic rings. The van der Waals surface area contributed by atoms with E-state index in [9.17, 15) is 4.79 Å². The van der Waals surface area contributed by atoms with Crippen molar-refractivity contribution < 1.29 is 4.79 Å². The normalized spacial score (nSPS) is 12.7. The Morgan fingerprint density at radius 2 is 1.05 bits per heavy atom. The maximum atomic E-state index is 10.0. The fraction of sp³-hybridized carbons (Fsp3) is 0.929. The van der Waals surface area contributed by atoms with Gasteiger partial charge in [0.25, 0.3) is 0 Å². The molecule has 0 spiro atoms. The van der Waals surface area contributed by atoms with Gasteiger partial charge in [-0.1, -0.05) is 191 Å². The van der Waals surface area contributed by atoms with Crippen molar-refractivity contribution in [2.24, 2.45) is 29.4 Å². The Kier molecular flexibility index (Phi) is 59.2. The lowest BCUT2D eigenvalue weighted by Gasteiger charge is -2.14. The van der Waals surface area contributed by atoms with Crippen LogP contribution in [0.4, 0.5) is 0 Å². The number of unbranched alkanes of at least 4 members (excludes halogenated alkanes) is 9. The number of rotatable bonds is 26. The van der Waals surface area contributed by atoms with Crippen LogP contribution in [0.5, 0.6) is 0 Å². The highest BCUT2D eigenvalue weighted by atomic mass is 16.1. The van der Waals surface area contributed by atoms with E-state index in [0.29, 0.717) is 0 Å². The molecule has 0 fully saturated rings. The van der Waals surface area contributed by atoms with Crippen molar-refractivity contribution in [3.63, 3.8) is 0 Å². The SMILES string of the molecule is CC.CC.CC.CCC(/C=C(/C)C[C@H](C)CCCCCCCCC[C@H](CC)CCN)CC.CCCCC[C@H](C)CCCC=O. The Balaban J connectivity index is -0.000000235. The summed E-state index contributed by atoms with van der Waals surface area (Å²) in [5.74, 6) is 3.35. The van der Waals surface area contributed by atoms with Crippen molar-refractivity contribution in [2.45, 2.75) is 225 Å². The summed E-state index contributed by atoms with van der Waals surface area (Å²) in [5, 5.41) is 0. The van der Waals surface area contributed by atoms with Gasteiger partial charge in [-0.3, -0.25) is 0 Å². The molecule has 0 aromatic heterocycles. The van der Waals surface area contributed by atoms with Gasteiger partial charge in [-0.05, 0) is 69.2 Å². The van der Waals surface area contributed by atoms with Gasteiger partial charge in [0.05, 0.1) is 0 Å². The molecule has 0 aliphatic rings. The third-order valence-corrected chi connectivity index (χ3v) is 8.52. The van der Waals surface area contributed by atoms with Crippen LogP contribution < -0.4 is 5.73 Å². The van der Waals surface area contributed by atoms with Crippen LogP contribution in [-0.2, 0) is 4.79 Å². The predicted molar refractivity (Wildman–Crippen MR) is 208 cm³/mol. The summed E-state index contributed by atoms with van der Waals surface area (Å²) >= 11 is 0. The summed E-state index contributed by atoms with van der Waals surface area (Å²) in [5.41, 5.74) is 7.30. The largest absolute Gasteiger partial charge is 0.330 e. The lowest BCUT2D eigenvalue weighted by molar-refractivity contribution is -0.107. The second-order valence-electron chi connectivity index (χ2n) is 12.5. The van der Waals surface area contributed by atoms with E-state index in [1.165, 1.54) is 122 Å². The molecule has 0 aromatic carbocycles. The first-order valence-electron chi connectivity index (χ1n) is 20.2. The molecular formula is C42H91NO. The molecule has 2 heteroatoms. The average Bonchev–Trinajstić information content (AvgIpc) is 3.05. The van der Waals surface area contributed by atoms with Gasteiger partial charge in [0.15, 0.2) is 0 Å². The molecule has 0 saturated carbocycles. The Morgan fingerprint density at radius 3 is 1.50 bits per heavy atom. The third kappa shape index (κ3) is 45.8. The molecule has 0 bridgehead atoms. The molecule has 3 atom stereocenters. The first-order chi connectivity index (χ1) is 21.4. The maximum Gasteiger partial charge on any atom is 0.119 e. The van der Waals surface area contributed by atoms with Gasteiger partial charge in [0.2, 0.25) is 0 Å². The standard InChI is InChI=1S/C25H51N.C11H22O.3C2H6/c1-6-24(7-2)21-23(5)20-22(4)16-14-12-10-9-11-13-15-17-25(8-3)18-19-26;1-3-4-5-8-11(2)9-6-7-10-12;3*1-2/h21-22,24-25H,6-20,26H2,1-5H3;10-11H,3-9H2,1-2H3;3*1-2H3/b23-21-;;;;/t22-,25+;11-;;;/m10.../s1. The topological polar surface area (TPSA) is 43.1 Å². The van der Waals surface area contributed by atoms with Crippen LogP contribution in [0.25, 0.3) is 0 Å². The lowest BCUT2D eigenvalue weighted by Crippen LogP contribution is -2.07. The van der Waals surface area contributed by atoms with Crippen molar-refractivity contribution in [3.8, 4) is 0 Å². The summed E-state index contributed by atoms with van der Waals surface area (Å²) in [6.07, 6.45) is 31.2. The zero-order valence-electron chi connectivity index (χ0n) is 33.5. The number of aldehydes is 1. The zero-order valence-corrected chi connectivity index (χ0v) is 33.5. The molecule has 2 N–H and O–H groups in total. The summed E-state index contributed by atoms with van der Waals surface area (Å²) in [4.78, 5) is 10.0. The number of carbonyl (C=O) groups excluding carboxylic acids is 1. The molecule has 0 aliphatic carbocycles. The predicted octanol–water partition coefficient (Wildman–Crippen LogP) is 14.9. The Morgan fingerprint density at radius 1 is 0.591 bits per heavy atom. The zero-order chi connectivity index (χ0) is 34.9. The van der Waals surface area contributed by atoms with Crippen LogP contribution in [0.1, 0.15) is 225 Å². The van der Waals surface area contributed by atoms with Gasteiger partial charge in [-0.25, -0.2) is 0 Å². The van der Waals surface area contributed by atoms with Crippen molar-refractivity contribution in [1.29, 1.82) is 0 Å². The monoisotopic (exact) mass is 626 g/mol. The van der Waals surface area contributed by atoms with Crippen molar-refractivity contribution in [3.05, 3.63) is 11.6 Å². The van der Waals surface area contributed by atoms with Gasteiger partial charge >= 0.3 is 0 Å². The Labute approximate surface area is 283 Å². The molecule has 0 saturated heterocycles. The van der Waals surface area contributed by atoms with Crippen molar-refractivity contribution in [2.75, 3.05) is 6.54 Å². The molecule has 2 nitrogen and oxygen atoms in total. The van der Waals surface area contributed by atoms with Gasteiger partial charge < -0.3 is 10.5 Å². The van der Waals surface area contributed by atoms with E-state index in [4.69, 9.17) is 5.73 Å². The van der Waals surface area contributed by atoms with E-state index >= 15 is 0 Å². The molecule has 0 radical (unpaired) electrons. The fourth-order valence-electron chi connectivity index (χ4n) is 5.68. The number of allylic oxidation sites excluding steroid dienone is 2. The first-order valence-corrected chi connectivity index (χ1v) is 20.2. The van der Waals surface area contributed by atoms with E-state index in [-0.39, 0.29) is 0 Å². The van der Waals surface area contributed by atoms with E-state index in [0.717, 1.165) is 49.3 Å². The van der Waals surface area contributed by atoms with Crippen LogP contribution in [0.2, 0.25) is 0 Å². The molecule has 0 aliphatic heterocycles. The summed E-state index contributed by atoms with van der Waals surface area (Å²) in [7, 11) is 0. The average molecular weight is 626 g/mol. The maximum absolute atomic E-state index is 10.0. The first kappa shape index (κ1) is 52.9. The quantitative estimate of drug-likeness (QED) is 0.0590. The number of nitrogens with two attached hydrogens (primary N) is 1. The molecule has 0 rings (SSSR count). The molecule has 0 unspecified atom stereocenters. The molecule has 44 heavy (non-hydrogen) atoms. The lowest BCUT2D eigenvalue weighted by atomic mass is 9.92. The Hall–Kier alpha value is -0.630. The number of hydrogen-bond donors (Lipinski definition) is 1. The minimum absolute atomic E-state index is 0.748. The van der Waals surface area contributed by atoms with E-state index < -0.39 is 0 Å². The molecule has 0 amide bonds. The highest BCUT2D eigenvalue weighted by Gasteiger charge is 2.07. The molecular weight excluding hydrogens is 534 g/mol. The van der Waals surface area contributed by atoms with Gasteiger partial charge in [-0.15, -0.1) is 0 Å². The van der Waals surface area contributed by atoms with Crippen LogP contribution in [0.3, 0.4) is 0 Å². The van der Waals surface area contributed by atoms with Crippen LogP contribution in [-0.4, -0.2) is 12.8 Å². The minimum atomic E-state index is 0.748. The summed E-state index contributed by atoms with van der Waals surface area (Å²) < 4.78 is 0. The van der Waals surface area contributed by atoms with Crippen LogP contribution >= 0.6 is 0 Å². The fourth-order valence-corrected chi connectivity index (χ4v) is 5.68. The highest BCUT2D eigenvalue weighted by molar-refractivity contribution is 5.48. The van der Waals surface area contributed by atoms with Crippen molar-refractivity contribution in [1.82, 2.24) is 0 Å². The van der Waals surface area contributed by atoms with E-state index in [2.05, 4.69) is 54.5 Å². The van der Waals surface area contributed by atoms with Gasteiger partial charge in [0, 0.05) is 6.42 Å². The van der Waals surface area contributed by atoms with Crippen molar-refractivity contribution >= 4 is 6.29 Å². The van der Waals surface area contributed by atoms with Gasteiger partial charge in [-0.2, -0.15) is 0 Å². The van der Waals surface area contributed by atoms with Crippen LogP contribution in [0, 0.1) is 23.7 Å². The highest BCUT2D eigenvalue weighted by Crippen LogP contribution is 2.22. The Bertz CT molecular complexity index is 496. The minimum Gasteiger partial charge on any atom is -0.330 e. The number of hydrogen-bond acceptors (Lipinski definition) is 2. The second-order valence-corrected chi connectivity index (χ2v) is 12.5. The third-order valence-electron chi connectivity index (χ3n) is 8.52.